The van der Waals surface area contributed by atoms with E-state index in [9.17, 15) is 18.0 Å². The normalized spacial score (nSPS) is 12.7. The predicted molar refractivity (Wildman–Crippen MR) is 100 cm³/mol. The molecule has 0 aliphatic heterocycles. The van der Waals surface area contributed by atoms with Crippen molar-refractivity contribution < 1.29 is 22.9 Å². The lowest BCUT2D eigenvalue weighted by atomic mass is 10.0. The molecule has 0 aliphatic rings. The second-order valence-electron chi connectivity index (χ2n) is 6.87. The molecule has 7 heteroatoms. The van der Waals surface area contributed by atoms with E-state index in [0.29, 0.717) is 0 Å². The molecular weight excluding hydrogens is 355 g/mol. The Morgan fingerprint density at radius 1 is 1.07 bits per heavy atom. The van der Waals surface area contributed by atoms with Gasteiger partial charge in [-0.15, -0.1) is 0 Å². The number of nitrogens with zero attached hydrogens (tertiary/aromatic N) is 1. The molecule has 0 radical (unpaired) electrons. The summed E-state index contributed by atoms with van der Waals surface area (Å²) in [6.07, 6.45) is -4.57. The fourth-order valence-corrected chi connectivity index (χ4v) is 2.88. The first-order valence-electron chi connectivity index (χ1n) is 8.63. The van der Waals surface area contributed by atoms with Gasteiger partial charge in [0.15, 0.2) is 0 Å². The summed E-state index contributed by atoms with van der Waals surface area (Å²) in [6, 6.07) is 12.6. The predicted octanol–water partition coefficient (Wildman–Crippen LogP) is 2.39. The summed E-state index contributed by atoms with van der Waals surface area (Å²) in [4.78, 5) is 15.4. The number of nitrogens with one attached hydrogen (secondary N) is 2. The molecule has 4 nitrogen and oxygen atoms in total. The number of likely N-dealkylation sites (N-methyl/N-ethyl adjacent to an activating group) is 1. The van der Waals surface area contributed by atoms with Crippen LogP contribution in [0.25, 0.3) is 0 Å². The average molecular weight is 380 g/mol. The molecule has 0 spiro atoms. The molecular formula is C20H25F3N3O+. The maximum absolute atomic E-state index is 13.1. The van der Waals surface area contributed by atoms with Crippen molar-refractivity contribution in [1.29, 1.82) is 0 Å². The van der Waals surface area contributed by atoms with Gasteiger partial charge in [-0.3, -0.25) is 4.79 Å². The molecule has 2 aromatic rings. The van der Waals surface area contributed by atoms with E-state index in [2.05, 4.69) is 5.32 Å². The van der Waals surface area contributed by atoms with Gasteiger partial charge >= 0.3 is 6.18 Å². The summed E-state index contributed by atoms with van der Waals surface area (Å²) < 4.78 is 39.3. The van der Waals surface area contributed by atoms with Crippen molar-refractivity contribution in [1.82, 2.24) is 5.32 Å². The SMILES string of the molecule is CN(C)c1ccc([C@@H](CNC(=O)c2ccccc2C(F)(F)F)[NH+](C)C)cc1. The molecule has 0 fully saturated rings. The monoisotopic (exact) mass is 380 g/mol. The number of quaternary nitrogens is 1. The van der Waals surface area contributed by atoms with Crippen molar-refractivity contribution >= 4 is 11.6 Å². The van der Waals surface area contributed by atoms with E-state index < -0.39 is 17.6 Å². The molecule has 0 saturated heterocycles. The second-order valence-corrected chi connectivity index (χ2v) is 6.87. The van der Waals surface area contributed by atoms with E-state index in [-0.39, 0.29) is 18.2 Å². The Kier molecular flexibility index (Phi) is 6.49. The van der Waals surface area contributed by atoms with Crippen molar-refractivity contribution in [2.45, 2.75) is 12.2 Å². The summed E-state index contributed by atoms with van der Waals surface area (Å²) in [5, 5.41) is 2.66. The molecule has 146 valence electrons. The van der Waals surface area contributed by atoms with Crippen LogP contribution in [0.4, 0.5) is 18.9 Å². The zero-order chi connectivity index (χ0) is 20.2. The largest absolute Gasteiger partial charge is 0.417 e. The van der Waals surface area contributed by atoms with Crippen molar-refractivity contribution in [3.8, 4) is 0 Å². The van der Waals surface area contributed by atoms with Gasteiger partial charge in [0.25, 0.3) is 5.91 Å². The van der Waals surface area contributed by atoms with Crippen LogP contribution in [-0.4, -0.2) is 40.6 Å². The summed E-state index contributed by atoms with van der Waals surface area (Å²) in [7, 11) is 7.78. The molecule has 2 aromatic carbocycles. The van der Waals surface area contributed by atoms with Crippen molar-refractivity contribution in [3.05, 3.63) is 65.2 Å². The first-order chi connectivity index (χ1) is 12.6. The minimum Gasteiger partial charge on any atom is -0.378 e. The zero-order valence-corrected chi connectivity index (χ0v) is 15.9. The van der Waals surface area contributed by atoms with Gasteiger partial charge in [0, 0.05) is 25.3 Å². The number of anilines is 1. The van der Waals surface area contributed by atoms with E-state index >= 15 is 0 Å². The van der Waals surface area contributed by atoms with E-state index in [1.165, 1.54) is 18.2 Å². The van der Waals surface area contributed by atoms with Crippen LogP contribution in [-0.2, 0) is 6.18 Å². The van der Waals surface area contributed by atoms with Crippen LogP contribution in [0.2, 0.25) is 0 Å². The topological polar surface area (TPSA) is 36.8 Å². The smallest absolute Gasteiger partial charge is 0.378 e. The quantitative estimate of drug-likeness (QED) is 0.808. The Morgan fingerprint density at radius 3 is 2.19 bits per heavy atom. The highest BCUT2D eigenvalue weighted by Gasteiger charge is 2.35. The third-order valence-corrected chi connectivity index (χ3v) is 4.45. The van der Waals surface area contributed by atoms with Crippen molar-refractivity contribution in [2.24, 2.45) is 0 Å². The highest BCUT2D eigenvalue weighted by atomic mass is 19.4. The highest BCUT2D eigenvalue weighted by Crippen LogP contribution is 2.31. The summed E-state index contributed by atoms with van der Waals surface area (Å²) in [5.74, 6) is -0.723. The van der Waals surface area contributed by atoms with Gasteiger partial charge in [-0.1, -0.05) is 24.3 Å². The Bertz CT molecular complexity index is 771. The molecule has 27 heavy (non-hydrogen) atoms. The van der Waals surface area contributed by atoms with E-state index in [1.54, 1.807) is 0 Å². The van der Waals surface area contributed by atoms with Crippen LogP contribution in [0.15, 0.2) is 48.5 Å². The van der Waals surface area contributed by atoms with Gasteiger partial charge in [0.2, 0.25) is 0 Å². The standard InChI is InChI=1S/C20H24F3N3O/c1-25(2)15-11-9-14(10-12-15)18(26(3)4)13-24-19(27)16-7-5-6-8-17(16)20(21,22)23/h5-12,18H,13H2,1-4H3,(H,24,27)/p+1/t18-/m1/s1. The molecule has 0 unspecified atom stereocenters. The van der Waals surface area contributed by atoms with Crippen molar-refractivity contribution in [2.75, 3.05) is 39.6 Å². The third kappa shape index (κ3) is 5.23. The summed E-state index contributed by atoms with van der Waals surface area (Å²) in [5.41, 5.74) is 0.770. The Hall–Kier alpha value is -2.54. The van der Waals surface area contributed by atoms with Gasteiger partial charge in [0.05, 0.1) is 31.8 Å². The number of hydrogen-bond donors (Lipinski definition) is 2. The van der Waals surface area contributed by atoms with Gasteiger partial charge in [-0.2, -0.15) is 13.2 Å². The third-order valence-electron chi connectivity index (χ3n) is 4.45. The van der Waals surface area contributed by atoms with Crippen LogP contribution in [0.1, 0.15) is 27.5 Å². The number of hydrogen-bond acceptors (Lipinski definition) is 2. The Morgan fingerprint density at radius 2 is 1.67 bits per heavy atom. The number of alkyl halides is 3. The molecule has 0 aliphatic carbocycles. The van der Waals surface area contributed by atoms with Gasteiger partial charge in [-0.05, 0) is 24.3 Å². The minimum absolute atomic E-state index is 0.0804. The summed E-state index contributed by atoms with van der Waals surface area (Å²) >= 11 is 0. The maximum atomic E-state index is 13.1. The first-order valence-corrected chi connectivity index (χ1v) is 8.63. The molecule has 0 bridgehead atoms. The lowest BCUT2D eigenvalue weighted by molar-refractivity contribution is -0.890. The van der Waals surface area contributed by atoms with E-state index in [4.69, 9.17) is 0 Å². The number of carbonyl (C=O) groups is 1. The van der Waals surface area contributed by atoms with Gasteiger partial charge in [0.1, 0.15) is 6.04 Å². The highest BCUT2D eigenvalue weighted by molar-refractivity contribution is 5.95. The Labute approximate surface area is 157 Å². The number of amides is 1. The minimum atomic E-state index is -4.57. The van der Waals surface area contributed by atoms with Crippen molar-refractivity contribution in [3.63, 3.8) is 0 Å². The number of rotatable bonds is 6. The van der Waals surface area contributed by atoms with Crippen LogP contribution in [0.3, 0.4) is 0 Å². The van der Waals surface area contributed by atoms with Crippen LogP contribution in [0, 0.1) is 0 Å². The number of carbonyl (C=O) groups excluding carboxylic acids is 1. The summed E-state index contributed by atoms with van der Waals surface area (Å²) in [6.45, 7) is 0.231. The van der Waals surface area contributed by atoms with Crippen LogP contribution >= 0.6 is 0 Å². The molecule has 1 amide bonds. The maximum Gasteiger partial charge on any atom is 0.417 e. The average Bonchev–Trinajstić information content (AvgIpc) is 2.61. The molecule has 2 N–H and O–H groups in total. The van der Waals surface area contributed by atoms with E-state index in [1.807, 2.05) is 57.4 Å². The fourth-order valence-electron chi connectivity index (χ4n) is 2.88. The lowest BCUT2D eigenvalue weighted by Gasteiger charge is -2.23. The molecule has 0 heterocycles. The first kappa shape index (κ1) is 20.8. The van der Waals surface area contributed by atoms with Gasteiger partial charge in [-0.25, -0.2) is 0 Å². The second kappa shape index (κ2) is 8.43. The molecule has 2 rings (SSSR count). The Balaban J connectivity index is 2.16. The van der Waals surface area contributed by atoms with Gasteiger partial charge < -0.3 is 15.1 Å². The fraction of sp³-hybridized carbons (Fsp3) is 0.350. The molecule has 1 atom stereocenters. The van der Waals surface area contributed by atoms with Crippen LogP contribution < -0.4 is 15.1 Å². The molecule has 0 saturated carbocycles. The molecule has 0 aromatic heterocycles. The van der Waals surface area contributed by atoms with Crippen LogP contribution in [0.5, 0.6) is 0 Å². The number of benzene rings is 2. The number of halogens is 3. The van der Waals surface area contributed by atoms with E-state index in [0.717, 1.165) is 22.2 Å². The lowest BCUT2D eigenvalue weighted by Crippen LogP contribution is -3.07. The zero-order valence-electron chi connectivity index (χ0n) is 15.9.